The highest BCUT2D eigenvalue weighted by Gasteiger charge is 2.20. The van der Waals surface area contributed by atoms with Crippen LogP contribution in [-0.4, -0.2) is 32.8 Å². The fraction of sp³-hybridized carbons (Fsp3) is 0.0526. The number of aromatic nitrogens is 4. The Labute approximate surface area is 159 Å². The molecule has 0 aliphatic rings. The lowest BCUT2D eigenvalue weighted by Crippen LogP contribution is -2.38. The summed E-state index contributed by atoms with van der Waals surface area (Å²) in [6, 6.07) is 12.4. The molecule has 0 unspecified atom stereocenters. The van der Waals surface area contributed by atoms with E-state index < -0.39 is 5.91 Å². The number of nitrogens with two attached hydrogens (primary N) is 1. The van der Waals surface area contributed by atoms with E-state index in [0.29, 0.717) is 28.0 Å². The van der Waals surface area contributed by atoms with Crippen LogP contribution in [0.2, 0.25) is 0 Å². The van der Waals surface area contributed by atoms with Crippen LogP contribution in [0.1, 0.15) is 10.4 Å². The first-order chi connectivity index (χ1) is 13.6. The van der Waals surface area contributed by atoms with Crippen molar-refractivity contribution in [2.45, 2.75) is 0 Å². The number of hydrogen-bond acceptors (Lipinski definition) is 6. The molecule has 8 nitrogen and oxygen atoms in total. The van der Waals surface area contributed by atoms with Gasteiger partial charge in [0.15, 0.2) is 11.5 Å². The highest BCUT2D eigenvalue weighted by atomic mass is 19.1. The van der Waals surface area contributed by atoms with Crippen molar-refractivity contribution in [3.05, 3.63) is 72.4 Å². The average Bonchev–Trinajstić information content (AvgIpc) is 3.17. The standard InChI is InChI=1S/C19H15FN6O2/c1-28-15-8-2-12(3-9-15)19(27)25(21)17-16-10-24-26(18(16)23-11-22-17)14-6-4-13(20)5-7-14/h2-11H,21H2,1H3. The van der Waals surface area contributed by atoms with Crippen LogP contribution in [0.5, 0.6) is 5.75 Å². The van der Waals surface area contributed by atoms with Crippen LogP contribution in [0.3, 0.4) is 0 Å². The molecule has 0 bridgehead atoms. The Hall–Kier alpha value is -3.85. The number of anilines is 1. The van der Waals surface area contributed by atoms with E-state index in [0.717, 1.165) is 5.01 Å². The van der Waals surface area contributed by atoms with E-state index in [-0.39, 0.29) is 11.6 Å². The molecule has 0 aliphatic heterocycles. The zero-order chi connectivity index (χ0) is 19.7. The lowest BCUT2D eigenvalue weighted by Gasteiger charge is -2.16. The molecule has 0 aliphatic carbocycles. The van der Waals surface area contributed by atoms with Crippen LogP contribution in [0, 0.1) is 5.82 Å². The second-order valence-electron chi connectivity index (χ2n) is 5.87. The van der Waals surface area contributed by atoms with Crippen molar-refractivity contribution < 1.29 is 13.9 Å². The quantitative estimate of drug-likeness (QED) is 0.333. The van der Waals surface area contributed by atoms with Crippen LogP contribution >= 0.6 is 0 Å². The van der Waals surface area contributed by atoms with Gasteiger partial charge in [0, 0.05) is 5.56 Å². The summed E-state index contributed by atoms with van der Waals surface area (Å²) in [5, 5.41) is 5.70. The van der Waals surface area contributed by atoms with Crippen molar-refractivity contribution in [2.75, 3.05) is 12.1 Å². The van der Waals surface area contributed by atoms with Crippen molar-refractivity contribution in [1.29, 1.82) is 0 Å². The highest BCUT2D eigenvalue weighted by Crippen LogP contribution is 2.24. The molecule has 2 aromatic carbocycles. The Morgan fingerprint density at radius 3 is 2.50 bits per heavy atom. The summed E-state index contributed by atoms with van der Waals surface area (Å²) >= 11 is 0. The number of ether oxygens (including phenoxy) is 1. The first-order valence-electron chi connectivity index (χ1n) is 8.26. The number of methoxy groups -OCH3 is 1. The summed E-state index contributed by atoms with van der Waals surface area (Å²) in [5.74, 6) is 6.09. The number of rotatable bonds is 4. The van der Waals surface area contributed by atoms with Crippen LogP contribution in [-0.2, 0) is 0 Å². The fourth-order valence-electron chi connectivity index (χ4n) is 2.76. The molecule has 4 rings (SSSR count). The Kier molecular flexibility index (Phi) is 4.42. The van der Waals surface area contributed by atoms with Crippen molar-refractivity contribution in [2.24, 2.45) is 5.84 Å². The van der Waals surface area contributed by atoms with E-state index in [1.54, 1.807) is 43.5 Å². The average molecular weight is 378 g/mol. The lowest BCUT2D eigenvalue weighted by atomic mass is 10.2. The molecule has 9 heteroatoms. The Morgan fingerprint density at radius 2 is 1.82 bits per heavy atom. The van der Waals surface area contributed by atoms with E-state index in [1.165, 1.54) is 29.3 Å². The normalized spacial score (nSPS) is 10.8. The first-order valence-corrected chi connectivity index (χ1v) is 8.26. The predicted molar refractivity (Wildman–Crippen MR) is 101 cm³/mol. The molecule has 0 fully saturated rings. The number of fused-ring (bicyclic) bond motifs is 1. The van der Waals surface area contributed by atoms with Crippen molar-refractivity contribution in [3.8, 4) is 11.4 Å². The number of carbonyl (C=O) groups is 1. The smallest absolute Gasteiger partial charge is 0.273 e. The minimum atomic E-state index is -0.447. The van der Waals surface area contributed by atoms with Gasteiger partial charge in [-0.2, -0.15) is 5.10 Å². The summed E-state index contributed by atoms with van der Waals surface area (Å²) in [7, 11) is 1.54. The number of hydrogen-bond donors (Lipinski definition) is 1. The Balaban J connectivity index is 1.72. The Bertz CT molecular complexity index is 1140. The van der Waals surface area contributed by atoms with Gasteiger partial charge in [-0.25, -0.2) is 29.9 Å². The van der Waals surface area contributed by atoms with Gasteiger partial charge < -0.3 is 4.74 Å². The van der Waals surface area contributed by atoms with Crippen LogP contribution in [0.15, 0.2) is 61.1 Å². The number of carbonyl (C=O) groups excluding carboxylic acids is 1. The van der Waals surface area contributed by atoms with Gasteiger partial charge in [0.25, 0.3) is 5.91 Å². The third-order valence-electron chi connectivity index (χ3n) is 4.20. The van der Waals surface area contributed by atoms with Crippen molar-refractivity contribution in [3.63, 3.8) is 0 Å². The molecule has 140 valence electrons. The van der Waals surface area contributed by atoms with Crippen molar-refractivity contribution >= 4 is 22.8 Å². The van der Waals surface area contributed by atoms with E-state index >= 15 is 0 Å². The van der Waals surface area contributed by atoms with Gasteiger partial charge in [0.1, 0.15) is 17.9 Å². The molecule has 0 saturated carbocycles. The van der Waals surface area contributed by atoms with Crippen LogP contribution in [0.4, 0.5) is 10.2 Å². The second kappa shape index (κ2) is 7.05. The monoisotopic (exact) mass is 378 g/mol. The molecule has 28 heavy (non-hydrogen) atoms. The van der Waals surface area contributed by atoms with Crippen molar-refractivity contribution in [1.82, 2.24) is 19.7 Å². The molecule has 2 heterocycles. The van der Waals surface area contributed by atoms with Gasteiger partial charge in [-0.05, 0) is 48.5 Å². The Morgan fingerprint density at radius 1 is 1.11 bits per heavy atom. The topological polar surface area (TPSA) is 99.2 Å². The molecule has 2 N–H and O–H groups in total. The van der Waals surface area contributed by atoms with Gasteiger partial charge in [-0.1, -0.05) is 0 Å². The van der Waals surface area contributed by atoms with Gasteiger partial charge in [0.05, 0.1) is 24.4 Å². The molecule has 1 amide bonds. The zero-order valence-corrected chi connectivity index (χ0v) is 14.8. The summed E-state index contributed by atoms with van der Waals surface area (Å²) in [6.07, 6.45) is 2.80. The molecule has 0 spiro atoms. The third-order valence-corrected chi connectivity index (χ3v) is 4.20. The van der Waals surface area contributed by atoms with E-state index in [2.05, 4.69) is 15.1 Å². The number of hydrazine groups is 1. The van der Waals surface area contributed by atoms with Crippen LogP contribution in [0.25, 0.3) is 16.7 Å². The summed E-state index contributed by atoms with van der Waals surface area (Å²) in [5.41, 5.74) is 1.43. The van der Waals surface area contributed by atoms with Gasteiger partial charge in [-0.3, -0.25) is 4.79 Å². The fourth-order valence-corrected chi connectivity index (χ4v) is 2.76. The maximum atomic E-state index is 13.2. The third kappa shape index (κ3) is 3.03. The first kappa shape index (κ1) is 17.6. The molecule has 0 saturated heterocycles. The number of nitrogens with zero attached hydrogens (tertiary/aromatic N) is 5. The predicted octanol–water partition coefficient (Wildman–Crippen LogP) is 2.48. The lowest BCUT2D eigenvalue weighted by molar-refractivity contribution is 0.0986. The van der Waals surface area contributed by atoms with E-state index in [9.17, 15) is 9.18 Å². The van der Waals surface area contributed by atoms with E-state index in [4.69, 9.17) is 10.6 Å². The highest BCUT2D eigenvalue weighted by molar-refractivity contribution is 6.08. The number of halogens is 1. The van der Waals surface area contributed by atoms with Crippen LogP contribution < -0.4 is 15.6 Å². The summed E-state index contributed by atoms with van der Waals surface area (Å²) in [4.78, 5) is 21.1. The number of amides is 1. The largest absolute Gasteiger partial charge is 0.497 e. The number of benzene rings is 2. The molecular formula is C19H15FN6O2. The minimum Gasteiger partial charge on any atom is -0.497 e. The van der Waals surface area contributed by atoms with Gasteiger partial charge in [0.2, 0.25) is 0 Å². The van der Waals surface area contributed by atoms with Gasteiger partial charge >= 0.3 is 0 Å². The molecular weight excluding hydrogens is 363 g/mol. The molecule has 0 radical (unpaired) electrons. The van der Waals surface area contributed by atoms with E-state index in [1.807, 2.05) is 0 Å². The summed E-state index contributed by atoms with van der Waals surface area (Å²) < 4.78 is 19.8. The maximum absolute atomic E-state index is 13.2. The molecule has 4 aromatic rings. The zero-order valence-electron chi connectivity index (χ0n) is 14.8. The second-order valence-corrected chi connectivity index (χ2v) is 5.87. The summed E-state index contributed by atoms with van der Waals surface area (Å²) in [6.45, 7) is 0. The SMILES string of the molecule is COc1ccc(C(=O)N(N)c2ncnc3c2cnn3-c2ccc(F)cc2)cc1. The van der Waals surface area contributed by atoms with Gasteiger partial charge in [-0.15, -0.1) is 0 Å². The molecule has 2 aromatic heterocycles. The minimum absolute atomic E-state index is 0.208. The molecule has 0 atom stereocenters. The maximum Gasteiger partial charge on any atom is 0.273 e.